The Bertz CT molecular complexity index is 586. The second-order valence-electron chi connectivity index (χ2n) is 4.12. The van der Waals surface area contributed by atoms with Gasteiger partial charge in [-0.2, -0.15) is 0 Å². The zero-order chi connectivity index (χ0) is 14.4. The van der Waals surface area contributed by atoms with Gasteiger partial charge in [0.25, 0.3) is 0 Å². The Morgan fingerprint density at radius 2 is 2.05 bits per heavy atom. The largest absolute Gasteiger partial charge is 0.368 e. The van der Waals surface area contributed by atoms with E-state index in [0.29, 0.717) is 29.8 Å². The van der Waals surface area contributed by atoms with E-state index in [0.717, 1.165) is 5.56 Å². The molecule has 0 aliphatic heterocycles. The third-order valence-corrected chi connectivity index (χ3v) is 2.76. The van der Waals surface area contributed by atoms with Crippen molar-refractivity contribution >= 4 is 23.3 Å². The molecule has 2 rings (SSSR count). The molecule has 0 spiro atoms. The van der Waals surface area contributed by atoms with Gasteiger partial charge >= 0.3 is 0 Å². The predicted molar refractivity (Wildman–Crippen MR) is 78.5 cm³/mol. The van der Waals surface area contributed by atoms with Gasteiger partial charge in [0, 0.05) is 36.7 Å². The summed E-state index contributed by atoms with van der Waals surface area (Å²) in [5, 5.41) is 6.47. The average Bonchev–Trinajstić information content (AvgIpc) is 2.44. The van der Waals surface area contributed by atoms with Crippen molar-refractivity contribution in [2.24, 2.45) is 0 Å². The molecule has 2 aromatic rings. The van der Waals surface area contributed by atoms with Crippen molar-refractivity contribution in [3.8, 4) is 11.4 Å². The summed E-state index contributed by atoms with van der Waals surface area (Å²) in [4.78, 5) is 19.2. The monoisotopic (exact) mass is 289 g/mol. The first-order valence-electron chi connectivity index (χ1n) is 6.14. The van der Waals surface area contributed by atoms with Crippen LogP contribution >= 0.6 is 11.6 Å². The van der Waals surface area contributed by atoms with Crippen molar-refractivity contribution in [1.82, 2.24) is 15.3 Å². The van der Waals surface area contributed by atoms with Crippen LogP contribution < -0.4 is 10.6 Å². The van der Waals surface area contributed by atoms with Crippen LogP contribution in [0.3, 0.4) is 0 Å². The Morgan fingerprint density at radius 1 is 1.30 bits per heavy atom. The number of hydrogen-bond donors (Lipinski definition) is 2. The third-order valence-electron chi connectivity index (χ3n) is 2.51. The molecule has 0 unspecified atom stereocenters. The van der Waals surface area contributed by atoms with Gasteiger partial charge in [0.2, 0.25) is 5.91 Å². The molecule has 0 fully saturated rings. The second kappa shape index (κ2) is 6.86. The van der Waals surface area contributed by atoms with Crippen LogP contribution in [0, 0.1) is 6.20 Å². The number of anilines is 1. The summed E-state index contributed by atoms with van der Waals surface area (Å²) < 4.78 is 0. The van der Waals surface area contributed by atoms with Crippen molar-refractivity contribution in [3.05, 3.63) is 41.6 Å². The molecule has 20 heavy (non-hydrogen) atoms. The van der Waals surface area contributed by atoms with Crippen LogP contribution in [0.4, 0.5) is 5.82 Å². The Kier molecular flexibility index (Phi) is 4.90. The van der Waals surface area contributed by atoms with Crippen molar-refractivity contribution in [2.45, 2.75) is 6.92 Å². The van der Waals surface area contributed by atoms with E-state index >= 15 is 0 Å². The summed E-state index contributed by atoms with van der Waals surface area (Å²) in [6, 6.07) is 8.95. The standard InChI is InChI=1S/C14H14ClN4O/c1-10(20)16-8-9-17-13-6-7-18-14(19-13)11-2-4-12(15)5-3-11/h2-6H,8-9H2,1H3,(H,16,20)(H,17,18,19). The van der Waals surface area contributed by atoms with Crippen molar-refractivity contribution in [3.63, 3.8) is 0 Å². The van der Waals surface area contributed by atoms with Gasteiger partial charge < -0.3 is 10.6 Å². The highest BCUT2D eigenvalue weighted by Gasteiger charge is 2.02. The molecule has 103 valence electrons. The second-order valence-corrected chi connectivity index (χ2v) is 4.56. The van der Waals surface area contributed by atoms with E-state index in [9.17, 15) is 4.79 Å². The molecule has 1 aromatic carbocycles. The molecule has 0 atom stereocenters. The minimum absolute atomic E-state index is 0.0529. The highest BCUT2D eigenvalue weighted by Crippen LogP contribution is 2.18. The molecule has 1 amide bonds. The van der Waals surface area contributed by atoms with Gasteiger partial charge in [0.1, 0.15) is 5.82 Å². The summed E-state index contributed by atoms with van der Waals surface area (Å²) in [6.07, 6.45) is 2.80. The first-order chi connectivity index (χ1) is 9.65. The van der Waals surface area contributed by atoms with Crippen LogP contribution in [0.25, 0.3) is 11.4 Å². The molecule has 0 saturated heterocycles. The third kappa shape index (κ3) is 4.20. The number of hydrogen-bond acceptors (Lipinski definition) is 4. The number of aromatic nitrogens is 2. The highest BCUT2D eigenvalue weighted by molar-refractivity contribution is 6.30. The quantitative estimate of drug-likeness (QED) is 0.828. The number of carbonyl (C=O) groups is 1. The molecule has 1 aromatic heterocycles. The van der Waals surface area contributed by atoms with Crippen LogP contribution in [-0.4, -0.2) is 29.0 Å². The lowest BCUT2D eigenvalue weighted by molar-refractivity contribution is -0.118. The van der Waals surface area contributed by atoms with Gasteiger partial charge in [-0.1, -0.05) is 11.6 Å². The van der Waals surface area contributed by atoms with Gasteiger partial charge in [-0.05, 0) is 24.3 Å². The fourth-order valence-corrected chi connectivity index (χ4v) is 1.70. The van der Waals surface area contributed by atoms with E-state index < -0.39 is 0 Å². The highest BCUT2D eigenvalue weighted by atomic mass is 35.5. The van der Waals surface area contributed by atoms with Crippen molar-refractivity contribution in [1.29, 1.82) is 0 Å². The zero-order valence-electron chi connectivity index (χ0n) is 11.0. The summed E-state index contributed by atoms with van der Waals surface area (Å²) in [7, 11) is 0. The van der Waals surface area contributed by atoms with Gasteiger partial charge in [0.05, 0.1) is 6.20 Å². The van der Waals surface area contributed by atoms with Gasteiger partial charge in [-0.25, -0.2) is 9.97 Å². The minimum Gasteiger partial charge on any atom is -0.368 e. The first-order valence-corrected chi connectivity index (χ1v) is 6.52. The van der Waals surface area contributed by atoms with E-state index in [-0.39, 0.29) is 5.91 Å². The average molecular weight is 290 g/mol. The molecule has 2 N–H and O–H groups in total. The maximum absolute atomic E-state index is 10.7. The van der Waals surface area contributed by atoms with Gasteiger partial charge in [-0.15, -0.1) is 0 Å². The minimum atomic E-state index is -0.0529. The number of rotatable bonds is 5. The Hall–Kier alpha value is -2.14. The van der Waals surface area contributed by atoms with E-state index in [4.69, 9.17) is 11.6 Å². The Balaban J connectivity index is 2.00. The molecule has 1 heterocycles. The molecule has 5 nitrogen and oxygen atoms in total. The lowest BCUT2D eigenvalue weighted by atomic mass is 10.2. The van der Waals surface area contributed by atoms with Gasteiger partial charge in [-0.3, -0.25) is 4.79 Å². The topological polar surface area (TPSA) is 66.9 Å². The predicted octanol–water partition coefficient (Wildman–Crippen LogP) is 2.15. The van der Waals surface area contributed by atoms with Crippen LogP contribution in [0.2, 0.25) is 5.02 Å². The summed E-state index contributed by atoms with van der Waals surface area (Å²) >= 11 is 5.84. The number of carbonyl (C=O) groups excluding carboxylic acids is 1. The molecule has 0 bridgehead atoms. The number of benzene rings is 1. The zero-order valence-corrected chi connectivity index (χ0v) is 11.7. The number of nitrogens with zero attached hydrogens (tertiary/aromatic N) is 2. The summed E-state index contributed by atoms with van der Waals surface area (Å²) in [5.74, 6) is 1.18. The smallest absolute Gasteiger partial charge is 0.216 e. The number of halogens is 1. The lowest BCUT2D eigenvalue weighted by Gasteiger charge is -2.07. The normalized spacial score (nSPS) is 10.1. The van der Waals surface area contributed by atoms with Crippen molar-refractivity contribution in [2.75, 3.05) is 18.4 Å². The molecular weight excluding hydrogens is 276 g/mol. The van der Waals surface area contributed by atoms with E-state index in [1.165, 1.54) is 6.92 Å². The molecule has 0 saturated carbocycles. The molecular formula is C14H14ClN4O. The fourth-order valence-electron chi connectivity index (χ4n) is 1.57. The van der Waals surface area contributed by atoms with Crippen LogP contribution in [0.1, 0.15) is 6.92 Å². The SMILES string of the molecule is CC(=O)NCCNc1c[c]nc(-c2ccc(Cl)cc2)n1. The maximum Gasteiger partial charge on any atom is 0.216 e. The maximum atomic E-state index is 10.7. The number of amides is 1. The first kappa shape index (κ1) is 14.3. The van der Waals surface area contributed by atoms with Crippen molar-refractivity contribution < 1.29 is 4.79 Å². The van der Waals surface area contributed by atoms with Gasteiger partial charge in [0.15, 0.2) is 5.82 Å². The van der Waals surface area contributed by atoms with Crippen LogP contribution in [0.15, 0.2) is 30.3 Å². The van der Waals surface area contributed by atoms with E-state index in [1.807, 2.05) is 12.1 Å². The molecule has 6 heteroatoms. The Morgan fingerprint density at radius 3 is 2.75 bits per heavy atom. The van der Waals surface area contributed by atoms with E-state index in [1.54, 1.807) is 18.2 Å². The number of nitrogens with one attached hydrogen (secondary N) is 2. The molecule has 1 radical (unpaired) electrons. The van der Waals surface area contributed by atoms with E-state index in [2.05, 4.69) is 26.8 Å². The Labute approximate surface area is 122 Å². The van der Waals surface area contributed by atoms with Crippen LogP contribution in [0.5, 0.6) is 0 Å². The molecule has 0 aliphatic rings. The lowest BCUT2D eigenvalue weighted by Crippen LogP contribution is -2.26. The fraction of sp³-hybridized carbons (Fsp3) is 0.214. The van der Waals surface area contributed by atoms with Crippen LogP contribution in [-0.2, 0) is 4.79 Å². The summed E-state index contributed by atoms with van der Waals surface area (Å²) in [6.45, 7) is 2.61. The molecule has 0 aliphatic carbocycles. The summed E-state index contributed by atoms with van der Waals surface area (Å²) in [5.41, 5.74) is 0.871.